The third kappa shape index (κ3) is 1.79. The summed E-state index contributed by atoms with van der Waals surface area (Å²) in [5.41, 5.74) is 1.23. The van der Waals surface area contributed by atoms with Crippen molar-refractivity contribution in [3.8, 4) is 0 Å². The summed E-state index contributed by atoms with van der Waals surface area (Å²) in [6.45, 7) is 2.45. The highest BCUT2D eigenvalue weighted by Crippen LogP contribution is 2.39. The molecule has 1 unspecified atom stereocenters. The van der Waals surface area contributed by atoms with Crippen LogP contribution < -0.4 is 0 Å². The molecule has 3 aliphatic rings. The maximum absolute atomic E-state index is 4.34. The Hall–Kier alpha value is -0.900. The van der Waals surface area contributed by atoms with E-state index in [9.17, 15) is 0 Å². The summed E-state index contributed by atoms with van der Waals surface area (Å²) in [6, 6.07) is 1.46. The molecule has 1 aromatic rings. The van der Waals surface area contributed by atoms with Crippen molar-refractivity contribution < 1.29 is 0 Å². The summed E-state index contributed by atoms with van der Waals surface area (Å²) in [5.74, 6) is 0.730. The predicted molar refractivity (Wildman–Crippen MR) is 64.9 cm³/mol. The van der Waals surface area contributed by atoms with Gasteiger partial charge in [0.25, 0.3) is 0 Å². The molecule has 1 aliphatic heterocycles. The average molecular weight is 232 g/mol. The van der Waals surface area contributed by atoms with E-state index >= 15 is 0 Å². The summed E-state index contributed by atoms with van der Waals surface area (Å²) in [5, 5.41) is 8.66. The minimum atomic E-state index is 0.579. The number of hydrogen-bond acceptors (Lipinski definition) is 3. The first-order valence-electron chi connectivity index (χ1n) is 7.06. The molecule has 2 aliphatic carbocycles. The van der Waals surface area contributed by atoms with E-state index in [0.29, 0.717) is 6.04 Å². The van der Waals surface area contributed by atoms with Gasteiger partial charge in [-0.2, -0.15) is 0 Å². The Morgan fingerprint density at radius 1 is 1.06 bits per heavy atom. The second kappa shape index (κ2) is 3.80. The Balaban J connectivity index is 1.43. The predicted octanol–water partition coefficient (Wildman–Crippen LogP) is 1.95. The monoisotopic (exact) mass is 232 g/mol. The van der Waals surface area contributed by atoms with Gasteiger partial charge < -0.3 is 0 Å². The van der Waals surface area contributed by atoms with E-state index in [2.05, 4.69) is 26.1 Å². The average Bonchev–Trinajstić information content (AvgIpc) is 2.82. The largest absolute Gasteiger partial charge is 0.298 e. The van der Waals surface area contributed by atoms with Gasteiger partial charge in [-0.05, 0) is 32.1 Å². The molecule has 1 aromatic heterocycles. The van der Waals surface area contributed by atoms with Crippen LogP contribution in [0, 0.1) is 0 Å². The normalized spacial score (nSPS) is 30.7. The van der Waals surface area contributed by atoms with E-state index in [1.54, 1.807) is 0 Å². The Bertz CT molecular complexity index is 405. The first-order valence-corrected chi connectivity index (χ1v) is 7.06. The van der Waals surface area contributed by atoms with Crippen LogP contribution in [0.4, 0.5) is 0 Å². The van der Waals surface area contributed by atoms with Crippen LogP contribution >= 0.6 is 0 Å². The summed E-state index contributed by atoms with van der Waals surface area (Å²) >= 11 is 0. The molecule has 17 heavy (non-hydrogen) atoms. The van der Waals surface area contributed by atoms with Crippen molar-refractivity contribution in [1.29, 1.82) is 0 Å². The van der Waals surface area contributed by atoms with Crippen LogP contribution in [0.5, 0.6) is 0 Å². The van der Waals surface area contributed by atoms with Gasteiger partial charge in [0.05, 0.1) is 11.7 Å². The third-order valence-electron chi connectivity index (χ3n) is 4.68. The van der Waals surface area contributed by atoms with Crippen molar-refractivity contribution in [1.82, 2.24) is 19.9 Å². The Morgan fingerprint density at radius 2 is 1.94 bits per heavy atom. The number of likely N-dealkylation sites (tertiary alicyclic amines) is 1. The van der Waals surface area contributed by atoms with E-state index < -0.39 is 0 Å². The van der Waals surface area contributed by atoms with E-state index in [-0.39, 0.29) is 0 Å². The van der Waals surface area contributed by atoms with Gasteiger partial charge >= 0.3 is 0 Å². The van der Waals surface area contributed by atoms with Crippen LogP contribution in [0.1, 0.15) is 56.2 Å². The van der Waals surface area contributed by atoms with Gasteiger partial charge in [0.15, 0.2) is 0 Å². The highest BCUT2D eigenvalue weighted by molar-refractivity contribution is 5.09. The first-order chi connectivity index (χ1) is 8.40. The van der Waals surface area contributed by atoms with Crippen molar-refractivity contribution in [2.75, 3.05) is 13.1 Å². The van der Waals surface area contributed by atoms with E-state index in [0.717, 1.165) is 12.0 Å². The van der Waals surface area contributed by atoms with Crippen LogP contribution in [0.15, 0.2) is 6.20 Å². The molecule has 4 nitrogen and oxygen atoms in total. The fraction of sp³-hybridized carbons (Fsp3) is 0.846. The molecule has 4 rings (SSSR count). The molecule has 0 aromatic carbocycles. The zero-order valence-corrected chi connectivity index (χ0v) is 10.3. The van der Waals surface area contributed by atoms with Gasteiger partial charge in [-0.1, -0.05) is 11.6 Å². The summed E-state index contributed by atoms with van der Waals surface area (Å²) in [4.78, 5) is 2.66. The van der Waals surface area contributed by atoms with Crippen LogP contribution in [-0.2, 0) is 0 Å². The van der Waals surface area contributed by atoms with Crippen molar-refractivity contribution >= 4 is 0 Å². The van der Waals surface area contributed by atoms with Crippen LogP contribution in [-0.4, -0.2) is 39.0 Å². The Labute approximate surface area is 102 Å². The standard InChI is InChI=1S/C13H20N4/c1-2-11(3-1)16-7-6-12(8-16)17-9-13(14-15-17)10-4-5-10/h9-12H,1-8H2. The minimum Gasteiger partial charge on any atom is -0.298 e. The topological polar surface area (TPSA) is 34.0 Å². The van der Waals surface area contributed by atoms with E-state index in [1.165, 1.54) is 57.3 Å². The summed E-state index contributed by atoms with van der Waals surface area (Å²) in [7, 11) is 0. The van der Waals surface area contributed by atoms with Gasteiger partial charge in [-0.25, -0.2) is 4.68 Å². The van der Waals surface area contributed by atoms with Gasteiger partial charge in [0.2, 0.25) is 0 Å². The molecule has 1 atom stereocenters. The quantitative estimate of drug-likeness (QED) is 0.799. The molecule has 0 amide bonds. The molecule has 0 spiro atoms. The number of hydrogen-bond donors (Lipinski definition) is 0. The molecule has 2 heterocycles. The lowest BCUT2D eigenvalue weighted by Crippen LogP contribution is -2.38. The molecule has 1 saturated heterocycles. The second-order valence-electron chi connectivity index (χ2n) is 5.92. The SMILES string of the molecule is c1c(C2CC2)nnn1C1CCN(C2CCC2)C1. The number of aromatic nitrogens is 3. The van der Waals surface area contributed by atoms with Crippen molar-refractivity contribution in [2.24, 2.45) is 0 Å². The molecule has 0 N–H and O–H groups in total. The lowest BCUT2D eigenvalue weighted by atomic mass is 9.92. The molecule has 2 saturated carbocycles. The molecule has 92 valence electrons. The van der Waals surface area contributed by atoms with E-state index in [1.807, 2.05) is 0 Å². The molecule has 0 bridgehead atoms. The minimum absolute atomic E-state index is 0.579. The molecular weight excluding hydrogens is 212 g/mol. The number of nitrogens with zero attached hydrogens (tertiary/aromatic N) is 4. The van der Waals surface area contributed by atoms with Crippen LogP contribution in [0.25, 0.3) is 0 Å². The fourth-order valence-corrected chi connectivity index (χ4v) is 3.10. The van der Waals surface area contributed by atoms with Crippen molar-refractivity contribution in [3.05, 3.63) is 11.9 Å². The summed E-state index contributed by atoms with van der Waals surface area (Å²) < 4.78 is 2.13. The molecule has 0 radical (unpaired) electrons. The van der Waals surface area contributed by atoms with Crippen LogP contribution in [0.3, 0.4) is 0 Å². The molecular formula is C13H20N4. The molecule has 3 fully saturated rings. The lowest BCUT2D eigenvalue weighted by molar-refractivity contribution is 0.153. The first kappa shape index (κ1) is 10.1. The zero-order chi connectivity index (χ0) is 11.2. The van der Waals surface area contributed by atoms with Gasteiger partial charge in [-0.3, -0.25) is 4.90 Å². The van der Waals surface area contributed by atoms with Crippen molar-refractivity contribution in [3.63, 3.8) is 0 Å². The Morgan fingerprint density at radius 3 is 2.65 bits per heavy atom. The fourth-order valence-electron chi connectivity index (χ4n) is 3.10. The van der Waals surface area contributed by atoms with Gasteiger partial charge in [0, 0.05) is 31.2 Å². The Kier molecular flexibility index (Phi) is 2.25. The van der Waals surface area contributed by atoms with Crippen molar-refractivity contribution in [2.45, 2.75) is 56.5 Å². The highest BCUT2D eigenvalue weighted by Gasteiger charge is 2.33. The zero-order valence-electron chi connectivity index (χ0n) is 10.3. The highest BCUT2D eigenvalue weighted by atomic mass is 15.4. The lowest BCUT2D eigenvalue weighted by Gasteiger charge is -2.34. The molecule has 4 heteroatoms. The summed E-state index contributed by atoms with van der Waals surface area (Å²) in [6.07, 6.45) is 10.3. The number of rotatable bonds is 3. The maximum atomic E-state index is 4.34. The third-order valence-corrected chi connectivity index (χ3v) is 4.68. The van der Waals surface area contributed by atoms with Gasteiger partial charge in [-0.15, -0.1) is 5.10 Å². The van der Waals surface area contributed by atoms with Gasteiger partial charge in [0.1, 0.15) is 0 Å². The maximum Gasteiger partial charge on any atom is 0.0858 e. The smallest absolute Gasteiger partial charge is 0.0858 e. The second-order valence-corrected chi connectivity index (χ2v) is 5.92. The van der Waals surface area contributed by atoms with Crippen LogP contribution in [0.2, 0.25) is 0 Å². The van der Waals surface area contributed by atoms with E-state index in [4.69, 9.17) is 0 Å².